The Morgan fingerprint density at radius 2 is 2.05 bits per heavy atom. The molecule has 0 spiro atoms. The Morgan fingerprint density at radius 3 is 2.60 bits per heavy atom. The molecular weight excluding hydrogens is 273 g/mol. The van der Waals surface area contributed by atoms with Gasteiger partial charge < -0.3 is 9.64 Å². The van der Waals surface area contributed by atoms with Crippen molar-refractivity contribution >= 4 is 5.91 Å². The van der Waals surface area contributed by atoms with Crippen molar-refractivity contribution in [2.75, 3.05) is 20.2 Å². The second-order valence-electron chi connectivity index (χ2n) is 3.95. The number of carbonyl (C=O) groups is 1. The number of halogens is 3. The van der Waals surface area contributed by atoms with E-state index in [-0.39, 0.29) is 24.3 Å². The van der Waals surface area contributed by atoms with E-state index in [4.69, 9.17) is 10.00 Å². The number of methoxy groups -OCH3 is 1. The molecule has 0 saturated carbocycles. The van der Waals surface area contributed by atoms with Crippen LogP contribution in [0.15, 0.2) is 24.3 Å². The summed E-state index contributed by atoms with van der Waals surface area (Å²) >= 11 is 0. The van der Waals surface area contributed by atoms with Gasteiger partial charge in [0.15, 0.2) is 0 Å². The molecule has 20 heavy (non-hydrogen) atoms. The van der Waals surface area contributed by atoms with Gasteiger partial charge in [0.05, 0.1) is 25.2 Å². The molecular formula is C13H13F3N2O2. The number of hydrogen-bond acceptors (Lipinski definition) is 3. The lowest BCUT2D eigenvalue weighted by Gasteiger charge is -2.23. The minimum Gasteiger partial charge on any atom is -0.496 e. The molecule has 0 aromatic heterocycles. The number of nitriles is 1. The summed E-state index contributed by atoms with van der Waals surface area (Å²) in [6.45, 7) is -1.68. The van der Waals surface area contributed by atoms with Gasteiger partial charge in [-0.15, -0.1) is 0 Å². The van der Waals surface area contributed by atoms with Crippen molar-refractivity contribution in [3.63, 3.8) is 0 Å². The van der Waals surface area contributed by atoms with Crippen LogP contribution in [0.3, 0.4) is 0 Å². The number of rotatable bonds is 5. The summed E-state index contributed by atoms with van der Waals surface area (Å²) in [6, 6.07) is 7.75. The molecule has 108 valence electrons. The fourth-order valence-electron chi connectivity index (χ4n) is 1.65. The lowest BCUT2D eigenvalue weighted by atomic mass is 10.1. The summed E-state index contributed by atoms with van der Waals surface area (Å²) < 4.78 is 42.4. The van der Waals surface area contributed by atoms with Gasteiger partial charge in [-0.1, -0.05) is 12.1 Å². The highest BCUT2D eigenvalue weighted by Gasteiger charge is 2.33. The number of para-hydroxylation sites is 1. The van der Waals surface area contributed by atoms with E-state index in [1.54, 1.807) is 12.1 Å². The first-order chi connectivity index (χ1) is 9.39. The van der Waals surface area contributed by atoms with Gasteiger partial charge in [-0.05, 0) is 12.1 Å². The van der Waals surface area contributed by atoms with E-state index in [0.29, 0.717) is 4.90 Å². The molecule has 1 aromatic carbocycles. The first-order valence-corrected chi connectivity index (χ1v) is 5.75. The van der Waals surface area contributed by atoms with E-state index >= 15 is 0 Å². The third kappa shape index (κ3) is 4.46. The van der Waals surface area contributed by atoms with Crippen LogP contribution in [0.2, 0.25) is 0 Å². The molecule has 0 bridgehead atoms. The van der Waals surface area contributed by atoms with E-state index in [2.05, 4.69) is 0 Å². The smallest absolute Gasteiger partial charge is 0.406 e. The topological polar surface area (TPSA) is 53.3 Å². The standard InChI is InChI=1S/C13H13F3N2O2/c1-20-11-6-3-2-5-10(11)12(19)18(8-4-7-17)9-13(14,15)16/h2-3,5-6H,4,8-9H2,1H3. The van der Waals surface area contributed by atoms with Crippen LogP contribution in [0.4, 0.5) is 13.2 Å². The highest BCUT2D eigenvalue weighted by atomic mass is 19.4. The average Bonchev–Trinajstić information content (AvgIpc) is 2.41. The fourth-order valence-corrected chi connectivity index (χ4v) is 1.65. The summed E-state index contributed by atoms with van der Waals surface area (Å²) in [7, 11) is 1.33. The third-order valence-electron chi connectivity index (χ3n) is 2.49. The number of hydrogen-bond donors (Lipinski definition) is 0. The van der Waals surface area contributed by atoms with E-state index in [9.17, 15) is 18.0 Å². The van der Waals surface area contributed by atoms with E-state index in [0.717, 1.165) is 0 Å². The van der Waals surface area contributed by atoms with Gasteiger partial charge in [-0.25, -0.2) is 0 Å². The lowest BCUT2D eigenvalue weighted by Crippen LogP contribution is -2.39. The zero-order chi connectivity index (χ0) is 15.2. The molecule has 0 radical (unpaired) electrons. The minimum absolute atomic E-state index is 0.0391. The summed E-state index contributed by atoms with van der Waals surface area (Å²) in [5.41, 5.74) is 0.0391. The van der Waals surface area contributed by atoms with Gasteiger partial charge in [0.25, 0.3) is 5.91 Å². The number of ether oxygens (including phenoxy) is 1. The highest BCUT2D eigenvalue weighted by molar-refractivity contribution is 5.97. The predicted molar refractivity (Wildman–Crippen MR) is 65.2 cm³/mol. The molecule has 1 rings (SSSR count). The number of benzene rings is 1. The van der Waals surface area contributed by atoms with Crippen LogP contribution >= 0.6 is 0 Å². The molecule has 0 aliphatic carbocycles. The molecule has 0 unspecified atom stereocenters. The molecule has 1 aromatic rings. The van der Waals surface area contributed by atoms with Crippen LogP contribution in [-0.4, -0.2) is 37.2 Å². The Labute approximate surface area is 114 Å². The Hall–Kier alpha value is -2.23. The normalized spacial score (nSPS) is 10.8. The summed E-state index contributed by atoms with van der Waals surface area (Å²) in [5.74, 6) is -0.614. The van der Waals surface area contributed by atoms with Crippen LogP contribution in [0, 0.1) is 11.3 Å². The molecule has 0 heterocycles. The van der Waals surface area contributed by atoms with Gasteiger partial charge in [0.1, 0.15) is 12.3 Å². The third-order valence-corrected chi connectivity index (χ3v) is 2.49. The van der Waals surface area contributed by atoms with Crippen LogP contribution < -0.4 is 4.74 Å². The maximum atomic E-state index is 12.5. The quantitative estimate of drug-likeness (QED) is 0.836. The van der Waals surface area contributed by atoms with Gasteiger partial charge in [-0.3, -0.25) is 4.79 Å². The maximum Gasteiger partial charge on any atom is 0.406 e. The Kier molecular flexibility index (Phi) is 5.38. The first-order valence-electron chi connectivity index (χ1n) is 5.75. The number of amides is 1. The molecule has 4 nitrogen and oxygen atoms in total. The second kappa shape index (κ2) is 6.80. The zero-order valence-corrected chi connectivity index (χ0v) is 10.8. The Balaban J connectivity index is 3.00. The SMILES string of the molecule is COc1ccccc1C(=O)N(CCC#N)CC(F)(F)F. The van der Waals surface area contributed by atoms with Crippen molar-refractivity contribution in [2.24, 2.45) is 0 Å². The van der Waals surface area contributed by atoms with Gasteiger partial charge in [0.2, 0.25) is 0 Å². The second-order valence-corrected chi connectivity index (χ2v) is 3.95. The van der Waals surface area contributed by atoms with E-state index in [1.165, 1.54) is 25.3 Å². The zero-order valence-electron chi connectivity index (χ0n) is 10.8. The number of carbonyl (C=O) groups excluding carboxylic acids is 1. The molecule has 0 fully saturated rings. The first kappa shape index (κ1) is 15.8. The highest BCUT2D eigenvalue weighted by Crippen LogP contribution is 2.22. The summed E-state index contributed by atoms with van der Waals surface area (Å²) in [4.78, 5) is 12.7. The van der Waals surface area contributed by atoms with Gasteiger partial charge in [-0.2, -0.15) is 18.4 Å². The minimum atomic E-state index is -4.52. The summed E-state index contributed by atoms with van der Waals surface area (Å²) in [6.07, 6.45) is -4.69. The molecule has 0 saturated heterocycles. The van der Waals surface area contributed by atoms with E-state index < -0.39 is 18.6 Å². The van der Waals surface area contributed by atoms with E-state index in [1.807, 2.05) is 0 Å². The average molecular weight is 286 g/mol. The Bertz CT molecular complexity index is 509. The van der Waals surface area contributed by atoms with Crippen molar-refractivity contribution in [1.82, 2.24) is 4.90 Å². The fraction of sp³-hybridized carbons (Fsp3) is 0.385. The van der Waals surface area contributed by atoms with Crippen molar-refractivity contribution in [3.8, 4) is 11.8 Å². The van der Waals surface area contributed by atoms with Crippen molar-refractivity contribution in [3.05, 3.63) is 29.8 Å². The maximum absolute atomic E-state index is 12.5. The predicted octanol–water partition coefficient (Wildman–Crippen LogP) is 2.61. The van der Waals surface area contributed by atoms with Gasteiger partial charge >= 0.3 is 6.18 Å². The molecule has 0 N–H and O–H groups in total. The Morgan fingerprint density at radius 1 is 1.40 bits per heavy atom. The van der Waals surface area contributed by atoms with Crippen LogP contribution in [0.1, 0.15) is 16.8 Å². The largest absolute Gasteiger partial charge is 0.496 e. The van der Waals surface area contributed by atoms with Crippen LogP contribution in [0.5, 0.6) is 5.75 Å². The summed E-state index contributed by atoms with van der Waals surface area (Å²) in [5, 5.41) is 8.47. The van der Waals surface area contributed by atoms with Crippen LogP contribution in [0.25, 0.3) is 0 Å². The lowest BCUT2D eigenvalue weighted by molar-refractivity contribution is -0.140. The molecule has 7 heteroatoms. The molecule has 0 aliphatic rings. The number of nitrogens with zero attached hydrogens (tertiary/aromatic N) is 2. The van der Waals surface area contributed by atoms with Gasteiger partial charge in [0, 0.05) is 6.54 Å². The number of alkyl halides is 3. The van der Waals surface area contributed by atoms with Crippen molar-refractivity contribution in [1.29, 1.82) is 5.26 Å². The van der Waals surface area contributed by atoms with Crippen molar-refractivity contribution < 1.29 is 22.7 Å². The monoisotopic (exact) mass is 286 g/mol. The van der Waals surface area contributed by atoms with Crippen molar-refractivity contribution in [2.45, 2.75) is 12.6 Å². The molecule has 0 aliphatic heterocycles. The molecule has 0 atom stereocenters. The molecule has 1 amide bonds. The van der Waals surface area contributed by atoms with Crippen LogP contribution in [-0.2, 0) is 0 Å².